The third-order valence-electron chi connectivity index (χ3n) is 10.9. The number of benzene rings is 7. The molecule has 0 aliphatic heterocycles. The number of nitrogens with zero attached hydrogens (tertiary/aromatic N) is 2. The topological polar surface area (TPSA) is 31.0 Å². The highest BCUT2D eigenvalue weighted by Gasteiger charge is 2.43. The molecule has 0 radical (unpaired) electrons. The first-order valence-electron chi connectivity index (χ1n) is 18.3. The van der Waals surface area contributed by atoms with Crippen LogP contribution in [0.4, 0.5) is 0 Å². The number of rotatable bonds is 8. The van der Waals surface area contributed by atoms with E-state index in [9.17, 15) is 0 Å². The van der Waals surface area contributed by atoms with Gasteiger partial charge in [-0.1, -0.05) is 152 Å². The van der Waals surface area contributed by atoms with E-state index in [1.807, 2.05) is 18.2 Å². The van der Waals surface area contributed by atoms with Crippen LogP contribution in [0.2, 0.25) is 0 Å². The lowest BCUT2D eigenvalue weighted by Gasteiger charge is -2.30. The third-order valence-corrected chi connectivity index (χ3v) is 10.9. The fraction of sp³-hybridized carbons (Fsp3) is 0.0600. The van der Waals surface area contributed by atoms with E-state index in [2.05, 4.69) is 175 Å². The summed E-state index contributed by atoms with van der Waals surface area (Å²) >= 11 is 0. The molecule has 1 atom stereocenters. The van der Waals surface area contributed by atoms with E-state index in [0.29, 0.717) is 0 Å². The van der Waals surface area contributed by atoms with E-state index >= 15 is 0 Å². The maximum atomic E-state index is 6.39. The molecule has 3 nitrogen and oxygen atoms in total. The molecule has 53 heavy (non-hydrogen) atoms. The van der Waals surface area contributed by atoms with Crippen LogP contribution >= 0.6 is 0 Å². The van der Waals surface area contributed by atoms with Gasteiger partial charge in [-0.2, -0.15) is 0 Å². The van der Waals surface area contributed by atoms with Gasteiger partial charge in [-0.3, -0.25) is 4.57 Å². The van der Waals surface area contributed by atoms with Crippen molar-refractivity contribution in [3.63, 3.8) is 0 Å². The van der Waals surface area contributed by atoms with Crippen molar-refractivity contribution in [2.24, 2.45) is 0 Å². The molecule has 10 rings (SSSR count). The second kappa shape index (κ2) is 12.5. The van der Waals surface area contributed by atoms with Gasteiger partial charge < -0.3 is 4.42 Å². The van der Waals surface area contributed by atoms with Crippen molar-refractivity contribution >= 4 is 33.0 Å². The molecule has 0 N–H and O–H groups in total. The number of allylic oxidation sites excluding steroid dienone is 3. The lowest BCUT2D eigenvalue weighted by molar-refractivity contribution is 0.670. The molecule has 2 aromatic heterocycles. The van der Waals surface area contributed by atoms with Gasteiger partial charge in [-0.05, 0) is 76.6 Å². The standard InChI is InChI=1S/C50H36N2O/c1-2-3-4-14-32-50(36-16-6-5-7-17-36)43-22-10-8-18-39(43)40-31-30-37(33-44(40)50)52-46-24-12-11-23-45(46)51-49(52)35-28-26-34(27-29-35)38-20-15-21-42-41-19-9-13-25-47(41)53-48(38)42/h2,5-33H,1,3-4H2/b32-14+. The quantitative estimate of drug-likeness (QED) is 0.118. The van der Waals surface area contributed by atoms with Crippen LogP contribution in [0.5, 0.6) is 0 Å². The first kappa shape index (κ1) is 31.1. The van der Waals surface area contributed by atoms with Crippen LogP contribution in [-0.2, 0) is 5.41 Å². The van der Waals surface area contributed by atoms with Gasteiger partial charge in [0.1, 0.15) is 17.0 Å². The van der Waals surface area contributed by atoms with Crippen molar-refractivity contribution in [1.29, 1.82) is 0 Å². The molecule has 1 aliphatic rings. The number of para-hydroxylation sites is 4. The Hall–Kier alpha value is -6.71. The van der Waals surface area contributed by atoms with Gasteiger partial charge in [0, 0.05) is 27.6 Å². The van der Waals surface area contributed by atoms with Crippen LogP contribution in [0.3, 0.4) is 0 Å². The molecule has 3 heteroatoms. The van der Waals surface area contributed by atoms with Gasteiger partial charge in [0.15, 0.2) is 0 Å². The summed E-state index contributed by atoms with van der Waals surface area (Å²) in [5.74, 6) is 0.905. The predicted octanol–water partition coefficient (Wildman–Crippen LogP) is 13.1. The van der Waals surface area contributed by atoms with Gasteiger partial charge in [0.05, 0.1) is 16.4 Å². The molecule has 0 amide bonds. The molecular formula is C50H36N2O. The third kappa shape index (κ3) is 4.85. The number of hydrogen-bond donors (Lipinski definition) is 0. The first-order chi connectivity index (χ1) is 26.2. The molecule has 0 bridgehead atoms. The predicted molar refractivity (Wildman–Crippen MR) is 220 cm³/mol. The number of furan rings is 1. The average molecular weight is 681 g/mol. The zero-order valence-corrected chi connectivity index (χ0v) is 29.2. The summed E-state index contributed by atoms with van der Waals surface area (Å²) in [6.07, 6.45) is 8.62. The van der Waals surface area contributed by atoms with E-state index in [1.54, 1.807) is 0 Å². The normalized spacial score (nSPS) is 15.0. The van der Waals surface area contributed by atoms with E-state index < -0.39 is 5.41 Å². The lowest BCUT2D eigenvalue weighted by atomic mass is 9.72. The zero-order valence-electron chi connectivity index (χ0n) is 29.2. The Labute approximate surface area is 308 Å². The van der Waals surface area contributed by atoms with Gasteiger partial charge in [-0.25, -0.2) is 4.98 Å². The Morgan fingerprint density at radius 2 is 1.32 bits per heavy atom. The van der Waals surface area contributed by atoms with Crippen molar-refractivity contribution in [3.8, 4) is 39.3 Å². The highest BCUT2D eigenvalue weighted by Crippen LogP contribution is 2.54. The summed E-state index contributed by atoms with van der Waals surface area (Å²) in [5.41, 5.74) is 14.1. The van der Waals surface area contributed by atoms with E-state index in [4.69, 9.17) is 9.40 Å². The number of imidazole rings is 1. The van der Waals surface area contributed by atoms with Gasteiger partial charge in [-0.15, -0.1) is 6.58 Å². The molecule has 0 spiro atoms. The molecule has 0 fully saturated rings. The number of unbranched alkanes of at least 4 members (excludes halogenated alkanes) is 1. The Morgan fingerprint density at radius 1 is 0.604 bits per heavy atom. The fourth-order valence-corrected chi connectivity index (χ4v) is 8.46. The molecule has 1 unspecified atom stereocenters. The highest BCUT2D eigenvalue weighted by atomic mass is 16.3. The van der Waals surface area contributed by atoms with Gasteiger partial charge in [0.25, 0.3) is 0 Å². The maximum absolute atomic E-state index is 6.39. The molecule has 0 saturated heterocycles. The molecule has 252 valence electrons. The maximum Gasteiger partial charge on any atom is 0.145 e. The van der Waals surface area contributed by atoms with Gasteiger partial charge >= 0.3 is 0 Å². The van der Waals surface area contributed by atoms with Crippen LogP contribution in [0.1, 0.15) is 29.5 Å². The summed E-state index contributed by atoms with van der Waals surface area (Å²) in [6, 6.07) is 58.6. The lowest BCUT2D eigenvalue weighted by Crippen LogP contribution is -2.24. The number of aromatic nitrogens is 2. The van der Waals surface area contributed by atoms with Crippen LogP contribution < -0.4 is 0 Å². The van der Waals surface area contributed by atoms with Crippen molar-refractivity contribution in [2.75, 3.05) is 0 Å². The summed E-state index contributed by atoms with van der Waals surface area (Å²) in [4.78, 5) is 5.26. The van der Waals surface area contributed by atoms with E-state index in [0.717, 1.165) is 74.0 Å². The van der Waals surface area contributed by atoms with Crippen molar-refractivity contribution in [2.45, 2.75) is 18.3 Å². The minimum atomic E-state index is -0.444. The second-order valence-electron chi connectivity index (χ2n) is 13.8. The Morgan fingerprint density at radius 3 is 2.21 bits per heavy atom. The molecule has 9 aromatic rings. The van der Waals surface area contributed by atoms with Crippen molar-refractivity contribution in [1.82, 2.24) is 9.55 Å². The Bertz CT molecular complexity index is 2850. The highest BCUT2D eigenvalue weighted by molar-refractivity contribution is 6.09. The van der Waals surface area contributed by atoms with E-state index in [1.165, 1.54) is 27.8 Å². The molecule has 2 heterocycles. The minimum Gasteiger partial charge on any atom is -0.455 e. The molecule has 7 aromatic carbocycles. The summed E-state index contributed by atoms with van der Waals surface area (Å²) in [6.45, 7) is 3.97. The number of fused-ring (bicyclic) bond motifs is 7. The average Bonchev–Trinajstić information content (AvgIpc) is 3.89. The summed E-state index contributed by atoms with van der Waals surface area (Å²) in [5, 5.41) is 2.26. The van der Waals surface area contributed by atoms with Crippen LogP contribution in [0, 0.1) is 0 Å². The molecular weight excluding hydrogens is 645 g/mol. The Balaban J connectivity index is 1.14. The van der Waals surface area contributed by atoms with Gasteiger partial charge in [0.2, 0.25) is 0 Å². The summed E-state index contributed by atoms with van der Waals surface area (Å²) < 4.78 is 8.71. The first-order valence-corrected chi connectivity index (χ1v) is 18.3. The minimum absolute atomic E-state index is 0.444. The van der Waals surface area contributed by atoms with Crippen molar-refractivity contribution in [3.05, 3.63) is 205 Å². The smallest absolute Gasteiger partial charge is 0.145 e. The summed E-state index contributed by atoms with van der Waals surface area (Å²) in [7, 11) is 0. The number of hydrogen-bond acceptors (Lipinski definition) is 2. The monoisotopic (exact) mass is 680 g/mol. The zero-order chi connectivity index (χ0) is 35.4. The molecule has 0 saturated carbocycles. The fourth-order valence-electron chi connectivity index (χ4n) is 8.46. The second-order valence-corrected chi connectivity index (χ2v) is 13.8. The largest absolute Gasteiger partial charge is 0.455 e. The molecule has 1 aliphatic carbocycles. The SMILES string of the molecule is C=CCC/C=C/C1(c2ccccc2)c2ccccc2-c2ccc(-n3c(-c4ccc(-c5cccc6c5oc5ccccc56)cc4)nc4ccccc43)cc21. The van der Waals surface area contributed by atoms with Crippen LogP contribution in [-0.4, -0.2) is 9.55 Å². The van der Waals surface area contributed by atoms with Crippen LogP contribution in [0.15, 0.2) is 193 Å². The van der Waals surface area contributed by atoms with Crippen LogP contribution in [0.25, 0.3) is 72.3 Å². The van der Waals surface area contributed by atoms with E-state index in [-0.39, 0.29) is 0 Å². The Kier molecular flexibility index (Phi) is 7.33. The van der Waals surface area contributed by atoms with Crippen molar-refractivity contribution < 1.29 is 4.42 Å².